The molecule has 0 bridgehead atoms. The third-order valence-electron chi connectivity index (χ3n) is 4.74. The molecule has 0 spiro atoms. The fourth-order valence-electron chi connectivity index (χ4n) is 3.30. The van der Waals surface area contributed by atoms with E-state index in [4.69, 9.17) is 10.2 Å². The van der Waals surface area contributed by atoms with E-state index >= 15 is 0 Å². The molecule has 0 amide bonds. The summed E-state index contributed by atoms with van der Waals surface area (Å²) in [6, 6.07) is 7.35. The number of thiazole rings is 1. The van der Waals surface area contributed by atoms with Gasteiger partial charge in [-0.05, 0) is 18.2 Å². The summed E-state index contributed by atoms with van der Waals surface area (Å²) >= 11 is 1.56. The van der Waals surface area contributed by atoms with Crippen molar-refractivity contribution in [3.05, 3.63) is 69.1 Å². The molecule has 0 aromatic carbocycles. The molecule has 5 heterocycles. The lowest BCUT2D eigenvalue weighted by atomic mass is 10.2. The topological polar surface area (TPSA) is 118 Å². The van der Waals surface area contributed by atoms with Crippen LogP contribution in [0.3, 0.4) is 0 Å². The van der Waals surface area contributed by atoms with Gasteiger partial charge in [0, 0.05) is 36.9 Å². The minimum atomic E-state index is -0.198. The van der Waals surface area contributed by atoms with Crippen molar-refractivity contribution in [3.8, 4) is 6.07 Å². The van der Waals surface area contributed by atoms with Gasteiger partial charge in [-0.15, -0.1) is 11.3 Å². The number of nitriles is 1. The molecular formula is C19H14N8OS. The van der Waals surface area contributed by atoms with Gasteiger partial charge < -0.3 is 4.57 Å². The van der Waals surface area contributed by atoms with Crippen LogP contribution in [0.2, 0.25) is 0 Å². The Morgan fingerprint density at radius 1 is 1.28 bits per heavy atom. The van der Waals surface area contributed by atoms with Crippen LogP contribution in [0.15, 0.2) is 41.6 Å². The Bertz CT molecular complexity index is 1430. The molecule has 10 heteroatoms. The zero-order valence-corrected chi connectivity index (χ0v) is 16.1. The predicted molar refractivity (Wildman–Crippen MR) is 108 cm³/mol. The summed E-state index contributed by atoms with van der Waals surface area (Å²) < 4.78 is 4.15. The van der Waals surface area contributed by atoms with Crippen LogP contribution >= 0.6 is 11.3 Å². The van der Waals surface area contributed by atoms with Gasteiger partial charge in [-0.2, -0.15) is 15.5 Å². The molecule has 29 heavy (non-hydrogen) atoms. The second kappa shape index (κ2) is 6.65. The number of fused-ring (bicyclic) bond motifs is 3. The van der Waals surface area contributed by atoms with Crippen molar-refractivity contribution in [2.45, 2.75) is 13.0 Å². The average molecular weight is 402 g/mol. The van der Waals surface area contributed by atoms with E-state index in [-0.39, 0.29) is 12.1 Å². The molecule has 1 N–H and O–H groups in total. The van der Waals surface area contributed by atoms with Crippen LogP contribution in [-0.2, 0) is 20.0 Å². The summed E-state index contributed by atoms with van der Waals surface area (Å²) in [6.45, 7) is 0.234. The number of nitrogens with zero attached hydrogens (tertiary/aromatic N) is 7. The molecule has 9 nitrogen and oxygen atoms in total. The van der Waals surface area contributed by atoms with Crippen LogP contribution < -0.4 is 5.56 Å². The largest absolute Gasteiger partial charge is 0.323 e. The minimum Gasteiger partial charge on any atom is -0.323 e. The number of rotatable bonds is 4. The van der Waals surface area contributed by atoms with E-state index < -0.39 is 0 Å². The summed E-state index contributed by atoms with van der Waals surface area (Å²) in [5.41, 5.74) is 3.27. The van der Waals surface area contributed by atoms with Crippen LogP contribution in [0.4, 0.5) is 0 Å². The quantitative estimate of drug-likeness (QED) is 0.491. The van der Waals surface area contributed by atoms with Crippen LogP contribution in [0.25, 0.3) is 21.3 Å². The van der Waals surface area contributed by atoms with Crippen molar-refractivity contribution in [3.63, 3.8) is 0 Å². The number of nitrogens with one attached hydrogen (secondary N) is 1. The Morgan fingerprint density at radius 3 is 2.90 bits per heavy atom. The maximum Gasteiger partial charge on any atom is 0.291 e. The second-order valence-corrected chi connectivity index (χ2v) is 7.68. The second-order valence-electron chi connectivity index (χ2n) is 6.60. The van der Waals surface area contributed by atoms with Gasteiger partial charge in [0.05, 0.1) is 28.7 Å². The normalized spacial score (nSPS) is 11.3. The molecule has 0 fully saturated rings. The standard InChI is InChI=1S/C19H14N8OS/c1-26-16-14(17-18(26)24-15(29-17)6-12-4-5-22-25-12)9-23-27(19(16)28)10-13-3-2-11(7-20)8-21-13/h2-5,8-9H,6,10H2,1H3,(H,22,25). The lowest BCUT2D eigenvalue weighted by Gasteiger charge is -2.05. The maximum absolute atomic E-state index is 13.0. The van der Waals surface area contributed by atoms with Gasteiger partial charge in [-0.3, -0.25) is 14.9 Å². The van der Waals surface area contributed by atoms with E-state index in [0.717, 1.165) is 26.4 Å². The molecule has 0 atom stereocenters. The molecule has 142 valence electrons. The Labute approximate surface area is 167 Å². The van der Waals surface area contributed by atoms with Crippen molar-refractivity contribution < 1.29 is 0 Å². The lowest BCUT2D eigenvalue weighted by molar-refractivity contribution is 0.632. The molecule has 0 aliphatic rings. The first-order valence-corrected chi connectivity index (χ1v) is 9.63. The van der Waals surface area contributed by atoms with Crippen molar-refractivity contribution in [1.29, 1.82) is 5.26 Å². The summed E-state index contributed by atoms with van der Waals surface area (Å²) in [4.78, 5) is 22.0. The van der Waals surface area contributed by atoms with E-state index in [0.29, 0.717) is 23.2 Å². The number of aryl methyl sites for hydroxylation is 1. The van der Waals surface area contributed by atoms with Crippen molar-refractivity contribution in [2.75, 3.05) is 0 Å². The first kappa shape index (κ1) is 17.3. The SMILES string of the molecule is Cn1c2nc(Cc3ccn[nH]3)sc2c2cnn(Cc3ccc(C#N)cn3)c(=O)c21. The fourth-order valence-corrected chi connectivity index (χ4v) is 4.43. The van der Waals surface area contributed by atoms with E-state index in [9.17, 15) is 4.79 Å². The first-order chi connectivity index (χ1) is 14.1. The molecular weight excluding hydrogens is 388 g/mol. The Hall–Kier alpha value is -3.84. The number of hydrogen-bond acceptors (Lipinski definition) is 7. The van der Waals surface area contributed by atoms with Crippen LogP contribution in [0, 0.1) is 11.3 Å². The Kier molecular flexibility index (Phi) is 3.96. The Morgan fingerprint density at radius 2 is 2.17 bits per heavy atom. The van der Waals surface area contributed by atoms with Crippen LogP contribution in [0.5, 0.6) is 0 Å². The Balaban J connectivity index is 1.55. The molecule has 0 saturated heterocycles. The smallest absolute Gasteiger partial charge is 0.291 e. The third-order valence-corrected chi connectivity index (χ3v) is 5.81. The predicted octanol–water partition coefficient (Wildman–Crippen LogP) is 1.97. The summed E-state index contributed by atoms with van der Waals surface area (Å²) in [7, 11) is 1.84. The zero-order valence-electron chi connectivity index (χ0n) is 15.3. The number of pyridine rings is 1. The highest BCUT2D eigenvalue weighted by Crippen LogP contribution is 2.31. The molecule has 0 saturated carbocycles. The first-order valence-electron chi connectivity index (χ1n) is 8.81. The summed E-state index contributed by atoms with van der Waals surface area (Å²) in [6.07, 6.45) is 5.58. The molecule has 0 aliphatic carbocycles. The molecule has 5 aromatic rings. The van der Waals surface area contributed by atoms with Gasteiger partial charge in [0.15, 0.2) is 5.65 Å². The van der Waals surface area contributed by atoms with Gasteiger partial charge in [0.2, 0.25) is 0 Å². The number of hydrogen-bond donors (Lipinski definition) is 1. The highest BCUT2D eigenvalue weighted by Gasteiger charge is 2.18. The van der Waals surface area contributed by atoms with Gasteiger partial charge in [0.25, 0.3) is 5.56 Å². The van der Waals surface area contributed by atoms with Crippen LogP contribution in [-0.4, -0.2) is 34.5 Å². The third kappa shape index (κ3) is 2.88. The fraction of sp³-hybridized carbons (Fsp3) is 0.158. The zero-order chi connectivity index (χ0) is 20.0. The van der Waals surface area contributed by atoms with E-state index in [1.807, 2.05) is 23.8 Å². The number of aromatic nitrogens is 7. The van der Waals surface area contributed by atoms with Crippen molar-refractivity contribution in [2.24, 2.45) is 7.05 Å². The number of H-pyrrole nitrogens is 1. The highest BCUT2D eigenvalue weighted by molar-refractivity contribution is 7.19. The van der Waals surface area contributed by atoms with Crippen molar-refractivity contribution in [1.82, 2.24) is 34.5 Å². The van der Waals surface area contributed by atoms with Gasteiger partial charge in [-0.1, -0.05) is 0 Å². The minimum absolute atomic E-state index is 0.198. The lowest BCUT2D eigenvalue weighted by Crippen LogP contribution is -2.24. The average Bonchev–Trinajstić information content (AvgIpc) is 3.44. The highest BCUT2D eigenvalue weighted by atomic mass is 32.1. The molecule has 0 unspecified atom stereocenters. The van der Waals surface area contributed by atoms with Gasteiger partial charge in [0.1, 0.15) is 16.6 Å². The molecule has 0 aliphatic heterocycles. The number of aromatic amines is 1. The monoisotopic (exact) mass is 402 g/mol. The van der Waals surface area contributed by atoms with Crippen LogP contribution in [0.1, 0.15) is 22.0 Å². The summed E-state index contributed by atoms with van der Waals surface area (Å²) in [5.74, 6) is 0. The van der Waals surface area contributed by atoms with Gasteiger partial charge in [-0.25, -0.2) is 9.67 Å². The van der Waals surface area contributed by atoms with Crippen molar-refractivity contribution >= 4 is 32.6 Å². The van der Waals surface area contributed by atoms with E-state index in [2.05, 4.69) is 20.3 Å². The van der Waals surface area contributed by atoms with Gasteiger partial charge >= 0.3 is 0 Å². The molecule has 5 rings (SSSR count). The van der Waals surface area contributed by atoms with E-state index in [1.165, 1.54) is 10.9 Å². The molecule has 5 aromatic heterocycles. The maximum atomic E-state index is 13.0. The van der Waals surface area contributed by atoms with E-state index in [1.54, 1.807) is 35.9 Å². The molecule has 0 radical (unpaired) electrons. The summed E-state index contributed by atoms with van der Waals surface area (Å²) in [5, 5.41) is 21.9.